The van der Waals surface area contributed by atoms with Crippen LogP contribution < -0.4 is 15.1 Å². The first kappa shape index (κ1) is 82.4. The Bertz CT molecular complexity index is 7020. The van der Waals surface area contributed by atoms with Crippen LogP contribution in [0.2, 0.25) is 0 Å². The van der Waals surface area contributed by atoms with Crippen molar-refractivity contribution >= 4 is 143 Å². The molecule has 4 heterocycles. The van der Waals surface area contributed by atoms with Gasteiger partial charge in [0.05, 0.1) is 45.4 Å². The van der Waals surface area contributed by atoms with E-state index in [1.54, 1.807) is 0 Å². The molecule has 21 rings (SSSR count). The quantitative estimate of drug-likeness (QED) is 0.0768. The van der Waals surface area contributed by atoms with E-state index in [1.165, 1.54) is 73.2 Å². The SMILES string of the molecule is Brc1cc2c(cc(Br)c3occ(-c4ccccc4)c32)c2c(-c3ccccc3)coc12.CCCc1ccc(-c2ccc(N(c3ccc(C)cc3)c3cc4c(cc(N(c5ccc(C)cc5)c5ccc(-c6ccc(CCC)cc6)cc5)c5occ(-c6ccccc6)c54)c4c(-c5ccccc5)coc34)cc2)cc1.CCCc1ccc(-c2ccc(Nc3ccc(C)cc3)cc2)cc1. The monoisotopic (exact) mass is 1780 g/mol. The minimum Gasteiger partial charge on any atom is -0.462 e. The third kappa shape index (κ3) is 17.1. The summed E-state index contributed by atoms with van der Waals surface area (Å²) in [6, 6.07) is 130. The van der Waals surface area contributed by atoms with Crippen molar-refractivity contribution in [2.24, 2.45) is 0 Å². The lowest BCUT2D eigenvalue weighted by Gasteiger charge is -2.28. The topological polar surface area (TPSA) is 71.1 Å². The summed E-state index contributed by atoms with van der Waals surface area (Å²) in [6.45, 7) is 13.1. The number of nitrogens with zero attached hydrogens (tertiary/aromatic N) is 2. The largest absolute Gasteiger partial charge is 0.462 e. The van der Waals surface area contributed by atoms with Gasteiger partial charge in [0, 0.05) is 77.9 Å². The van der Waals surface area contributed by atoms with Crippen LogP contribution in [0, 0.1) is 20.8 Å². The van der Waals surface area contributed by atoms with Crippen molar-refractivity contribution in [1.82, 2.24) is 0 Å². The van der Waals surface area contributed by atoms with Gasteiger partial charge in [0.25, 0.3) is 0 Å². The molecule has 9 heteroatoms. The summed E-state index contributed by atoms with van der Waals surface area (Å²) in [5.74, 6) is 0. The summed E-state index contributed by atoms with van der Waals surface area (Å²) >= 11 is 7.48. The molecule has 7 nitrogen and oxygen atoms in total. The maximum absolute atomic E-state index is 7.00. The Labute approximate surface area is 759 Å². The van der Waals surface area contributed by atoms with E-state index in [4.69, 9.17) is 17.7 Å². The molecule has 0 radical (unpaired) electrons. The van der Waals surface area contributed by atoms with E-state index in [-0.39, 0.29) is 0 Å². The smallest absolute Gasteiger partial charge is 0.159 e. The molecule has 0 unspecified atom stereocenters. The number of hydrogen-bond donors (Lipinski definition) is 1. The predicted octanol–water partition coefficient (Wildman–Crippen LogP) is 36.0. The maximum atomic E-state index is 7.00. The number of halogens is 2. The van der Waals surface area contributed by atoms with Crippen molar-refractivity contribution in [1.29, 1.82) is 0 Å². The highest BCUT2D eigenvalue weighted by atomic mass is 79.9. The fourth-order valence-corrected chi connectivity index (χ4v) is 18.7. The Morgan fingerprint density at radius 1 is 0.244 bits per heavy atom. The Kier molecular flexibility index (Phi) is 23.9. The van der Waals surface area contributed by atoms with Crippen LogP contribution >= 0.6 is 31.9 Å². The van der Waals surface area contributed by atoms with E-state index in [1.807, 2.05) is 61.5 Å². The molecular formula is C118H95Br2N3O4. The van der Waals surface area contributed by atoms with E-state index >= 15 is 0 Å². The van der Waals surface area contributed by atoms with Crippen LogP contribution in [0.4, 0.5) is 45.5 Å². The summed E-state index contributed by atoms with van der Waals surface area (Å²) in [4.78, 5) is 4.71. The first-order valence-electron chi connectivity index (χ1n) is 43.9. The number of fused-ring (bicyclic) bond motifs is 10. The number of benzene rings is 17. The molecule has 4 aromatic heterocycles. The number of rotatable bonds is 21. The van der Waals surface area contributed by atoms with Gasteiger partial charge >= 0.3 is 0 Å². The summed E-state index contributed by atoms with van der Waals surface area (Å²) < 4.78 is 27.9. The molecule has 0 saturated heterocycles. The summed E-state index contributed by atoms with van der Waals surface area (Å²) in [5.41, 5.74) is 35.1. The van der Waals surface area contributed by atoms with Gasteiger partial charge in [-0.1, -0.05) is 324 Å². The maximum Gasteiger partial charge on any atom is 0.159 e. The van der Waals surface area contributed by atoms with Crippen molar-refractivity contribution in [3.8, 4) is 77.9 Å². The molecule has 0 amide bonds. The van der Waals surface area contributed by atoms with E-state index in [2.05, 4.69) is 416 Å². The summed E-state index contributed by atoms with van der Waals surface area (Å²) in [5, 5.41) is 12.0. The molecule has 0 aliphatic rings. The molecule has 620 valence electrons. The molecular weight excluding hydrogens is 1680 g/mol. The molecule has 17 aromatic carbocycles. The molecule has 0 saturated carbocycles. The van der Waals surface area contributed by atoms with Crippen LogP contribution in [-0.2, 0) is 19.3 Å². The van der Waals surface area contributed by atoms with E-state index in [0.717, 1.165) is 196 Å². The highest BCUT2D eigenvalue weighted by Crippen LogP contribution is 2.54. The number of aryl methyl sites for hydroxylation is 6. The van der Waals surface area contributed by atoms with Crippen LogP contribution in [0.5, 0.6) is 0 Å². The first-order chi connectivity index (χ1) is 62.4. The molecule has 0 aliphatic heterocycles. The zero-order valence-electron chi connectivity index (χ0n) is 72.0. The van der Waals surface area contributed by atoms with Crippen molar-refractivity contribution in [2.45, 2.75) is 80.1 Å². The zero-order chi connectivity index (χ0) is 86.4. The average molecular weight is 1780 g/mol. The van der Waals surface area contributed by atoms with Gasteiger partial charge < -0.3 is 32.8 Å². The third-order valence-corrected chi connectivity index (χ3v) is 25.4. The lowest BCUT2D eigenvalue weighted by molar-refractivity contribution is 0.614. The van der Waals surface area contributed by atoms with Gasteiger partial charge in [0.15, 0.2) is 11.2 Å². The van der Waals surface area contributed by atoms with Gasteiger partial charge in [-0.3, -0.25) is 0 Å². The van der Waals surface area contributed by atoms with Crippen molar-refractivity contribution < 1.29 is 17.7 Å². The third-order valence-electron chi connectivity index (χ3n) is 24.2. The molecule has 0 fully saturated rings. The summed E-state index contributed by atoms with van der Waals surface area (Å²) in [6.07, 6.45) is 14.3. The van der Waals surface area contributed by atoms with E-state index in [0.29, 0.717) is 0 Å². The highest BCUT2D eigenvalue weighted by Gasteiger charge is 2.30. The molecule has 0 bridgehead atoms. The zero-order valence-corrected chi connectivity index (χ0v) is 75.1. The lowest BCUT2D eigenvalue weighted by atomic mass is 9.92. The Hall–Kier alpha value is -14.2. The second-order valence-corrected chi connectivity index (χ2v) is 34.6. The van der Waals surface area contributed by atoms with Crippen LogP contribution in [0.15, 0.2) is 416 Å². The Balaban J connectivity index is 0.000000160. The Morgan fingerprint density at radius 2 is 0.472 bits per heavy atom. The van der Waals surface area contributed by atoms with Crippen LogP contribution in [0.25, 0.3) is 143 Å². The first-order valence-corrected chi connectivity index (χ1v) is 45.5. The van der Waals surface area contributed by atoms with E-state index in [9.17, 15) is 0 Å². The van der Waals surface area contributed by atoms with Gasteiger partial charge in [0.1, 0.15) is 11.2 Å². The van der Waals surface area contributed by atoms with Crippen molar-refractivity contribution in [3.05, 3.63) is 431 Å². The minimum atomic E-state index is 0.791. The predicted molar refractivity (Wildman–Crippen MR) is 542 cm³/mol. The number of nitrogens with one attached hydrogen (secondary N) is 1. The molecule has 0 spiro atoms. The number of hydrogen-bond acceptors (Lipinski definition) is 7. The fourth-order valence-electron chi connectivity index (χ4n) is 17.7. The standard InChI is InChI=1S/C70H58N2O2.C26H14Br2O2.C22H23N/c1-5-13-49-23-27-51(28-24-49)53-31-39-59(40-32-53)71(57-35-19-47(3)20-36-57)65-43-61-62(67-63(45-73-69(65)67)55-15-9-7-10-16-55)44-66(70-68(61)64(46-74-70)56-17-11-8-12-18-56)72(58-37-21-48(4)22-38-58)60-41-33-54(34-42-60)52-29-25-50(14-6-2)26-30-52;27-21-12-18-17(23-19(13-29-25(21)23)15-7-3-1-4-8-15)11-22(28)26-24(18)20(14-30-26)16-9-5-2-6-10-16;1-3-4-18-7-9-19(10-8-18)20-11-15-22(16-12-20)23-21-13-5-17(2)6-14-21/h7-12,15-46H,5-6,13-14H2,1-4H3;1-14H;5-16,23H,3-4H2,1-2H3. The average Bonchev–Trinajstić information content (AvgIpc) is 1.60. The molecule has 0 atom stereocenters. The summed E-state index contributed by atoms with van der Waals surface area (Å²) in [7, 11) is 0. The molecule has 127 heavy (non-hydrogen) atoms. The van der Waals surface area contributed by atoms with Crippen LogP contribution in [0.3, 0.4) is 0 Å². The molecule has 21 aromatic rings. The van der Waals surface area contributed by atoms with Gasteiger partial charge in [-0.15, -0.1) is 0 Å². The van der Waals surface area contributed by atoms with Crippen LogP contribution in [-0.4, -0.2) is 0 Å². The number of furan rings is 4. The van der Waals surface area contributed by atoms with Gasteiger partial charge in [-0.2, -0.15) is 0 Å². The minimum absolute atomic E-state index is 0.791. The van der Waals surface area contributed by atoms with E-state index < -0.39 is 0 Å². The number of anilines is 8. The lowest BCUT2D eigenvalue weighted by Crippen LogP contribution is -2.11. The normalized spacial score (nSPS) is 11.3. The molecule has 1 N–H and O–H groups in total. The van der Waals surface area contributed by atoms with Gasteiger partial charge in [-0.25, -0.2) is 0 Å². The molecule has 0 aliphatic carbocycles. The fraction of sp³-hybridized carbons (Fsp3) is 0.102. The van der Waals surface area contributed by atoms with Crippen molar-refractivity contribution in [3.63, 3.8) is 0 Å². The van der Waals surface area contributed by atoms with Crippen LogP contribution in [0.1, 0.15) is 73.4 Å². The second-order valence-electron chi connectivity index (χ2n) is 32.9. The van der Waals surface area contributed by atoms with Gasteiger partial charge in [-0.05, 0) is 263 Å². The van der Waals surface area contributed by atoms with Crippen molar-refractivity contribution in [2.75, 3.05) is 15.1 Å². The second kappa shape index (κ2) is 36.9. The van der Waals surface area contributed by atoms with Gasteiger partial charge in [0.2, 0.25) is 0 Å². The highest BCUT2D eigenvalue weighted by molar-refractivity contribution is 9.11. The Morgan fingerprint density at radius 3 is 0.756 bits per heavy atom.